The summed E-state index contributed by atoms with van der Waals surface area (Å²) in [5.74, 6) is 1.09. The van der Waals surface area contributed by atoms with Gasteiger partial charge in [0.25, 0.3) is 0 Å². The predicted octanol–water partition coefficient (Wildman–Crippen LogP) is 3.51. The van der Waals surface area contributed by atoms with Crippen LogP contribution in [0.5, 0.6) is 0 Å². The summed E-state index contributed by atoms with van der Waals surface area (Å²) in [5.41, 5.74) is 3.14. The molecule has 0 spiro atoms. The van der Waals surface area contributed by atoms with Crippen LogP contribution < -0.4 is 0 Å². The van der Waals surface area contributed by atoms with Gasteiger partial charge in [-0.15, -0.1) is 0 Å². The highest BCUT2D eigenvalue weighted by molar-refractivity contribution is 5.37. The Morgan fingerprint density at radius 3 is 2.88 bits per heavy atom. The summed E-state index contributed by atoms with van der Waals surface area (Å²) in [6, 6.07) is 8.87. The number of aryl methyl sites for hydroxylation is 1. The SMILES string of the molecule is CCC1(C)C(O)C2CCCc3ccccc3C21. The summed E-state index contributed by atoms with van der Waals surface area (Å²) >= 11 is 0. The van der Waals surface area contributed by atoms with Gasteiger partial charge in [-0.25, -0.2) is 0 Å². The molecule has 1 aromatic rings. The number of rotatable bonds is 1. The van der Waals surface area contributed by atoms with Crippen LogP contribution in [0.25, 0.3) is 0 Å². The van der Waals surface area contributed by atoms with Crippen molar-refractivity contribution in [3.63, 3.8) is 0 Å². The van der Waals surface area contributed by atoms with Gasteiger partial charge in [0.2, 0.25) is 0 Å². The molecule has 1 heteroatoms. The first-order chi connectivity index (χ1) is 8.18. The van der Waals surface area contributed by atoms with Crippen molar-refractivity contribution in [1.29, 1.82) is 0 Å². The lowest BCUT2D eigenvalue weighted by molar-refractivity contribution is -0.138. The molecule has 92 valence electrons. The van der Waals surface area contributed by atoms with Crippen molar-refractivity contribution >= 4 is 0 Å². The van der Waals surface area contributed by atoms with E-state index < -0.39 is 0 Å². The van der Waals surface area contributed by atoms with E-state index in [1.165, 1.54) is 30.4 Å². The van der Waals surface area contributed by atoms with E-state index in [4.69, 9.17) is 0 Å². The van der Waals surface area contributed by atoms with E-state index >= 15 is 0 Å². The van der Waals surface area contributed by atoms with Crippen molar-refractivity contribution in [2.75, 3.05) is 0 Å². The maximum Gasteiger partial charge on any atom is 0.0633 e. The van der Waals surface area contributed by atoms with Crippen LogP contribution in [0.4, 0.5) is 0 Å². The fraction of sp³-hybridized carbons (Fsp3) is 0.625. The first-order valence-corrected chi connectivity index (χ1v) is 6.94. The van der Waals surface area contributed by atoms with E-state index in [9.17, 15) is 5.11 Å². The number of aliphatic hydroxyl groups is 1. The standard InChI is InChI=1S/C16H22O/c1-3-16(2)14-12-9-5-4-7-11(12)8-6-10-13(14)15(16)17/h4-5,7,9,13-15,17H,3,6,8,10H2,1-2H3. The van der Waals surface area contributed by atoms with Crippen LogP contribution in [0, 0.1) is 11.3 Å². The number of fused-ring (bicyclic) bond motifs is 3. The summed E-state index contributed by atoms with van der Waals surface area (Å²) in [4.78, 5) is 0. The van der Waals surface area contributed by atoms with Gasteiger partial charge < -0.3 is 5.11 Å². The highest BCUT2D eigenvalue weighted by Crippen LogP contribution is 2.61. The van der Waals surface area contributed by atoms with Gasteiger partial charge in [-0.1, -0.05) is 38.1 Å². The second kappa shape index (κ2) is 3.84. The van der Waals surface area contributed by atoms with Crippen molar-refractivity contribution < 1.29 is 5.11 Å². The van der Waals surface area contributed by atoms with E-state index in [-0.39, 0.29) is 11.5 Å². The van der Waals surface area contributed by atoms with Crippen LogP contribution in [-0.2, 0) is 6.42 Å². The van der Waals surface area contributed by atoms with E-state index in [0.29, 0.717) is 11.8 Å². The predicted molar refractivity (Wildman–Crippen MR) is 70.0 cm³/mol. The van der Waals surface area contributed by atoms with Crippen molar-refractivity contribution in [2.24, 2.45) is 11.3 Å². The topological polar surface area (TPSA) is 20.2 Å². The van der Waals surface area contributed by atoms with Crippen molar-refractivity contribution in [1.82, 2.24) is 0 Å². The van der Waals surface area contributed by atoms with E-state index in [1.807, 2.05) is 0 Å². The molecule has 17 heavy (non-hydrogen) atoms. The van der Waals surface area contributed by atoms with Gasteiger partial charge in [0.1, 0.15) is 0 Å². The lowest BCUT2D eigenvalue weighted by atomic mass is 9.49. The molecule has 1 aromatic carbocycles. The van der Waals surface area contributed by atoms with Crippen LogP contribution in [0.1, 0.15) is 50.2 Å². The molecule has 1 nitrogen and oxygen atoms in total. The molecule has 0 saturated heterocycles. The van der Waals surface area contributed by atoms with Gasteiger partial charge in [0, 0.05) is 5.41 Å². The molecule has 4 unspecified atom stereocenters. The Kier molecular flexibility index (Phi) is 2.55. The first kappa shape index (κ1) is 11.3. The Hall–Kier alpha value is -0.820. The third-order valence-corrected chi connectivity index (χ3v) is 5.36. The first-order valence-electron chi connectivity index (χ1n) is 6.94. The zero-order valence-electron chi connectivity index (χ0n) is 10.8. The monoisotopic (exact) mass is 230 g/mol. The average Bonchev–Trinajstić information content (AvgIpc) is 2.55. The molecule has 4 atom stereocenters. The third kappa shape index (κ3) is 1.41. The number of hydrogen-bond acceptors (Lipinski definition) is 1. The zero-order valence-corrected chi connectivity index (χ0v) is 10.8. The van der Waals surface area contributed by atoms with Gasteiger partial charge in [0.15, 0.2) is 0 Å². The Balaban J connectivity index is 2.06. The lowest BCUT2D eigenvalue weighted by Gasteiger charge is -2.58. The highest BCUT2D eigenvalue weighted by Gasteiger charge is 2.58. The highest BCUT2D eigenvalue weighted by atomic mass is 16.3. The maximum atomic E-state index is 10.4. The molecule has 0 aliphatic heterocycles. The second-order valence-corrected chi connectivity index (χ2v) is 6.04. The molecule has 0 bridgehead atoms. The van der Waals surface area contributed by atoms with Crippen molar-refractivity contribution in [3.8, 4) is 0 Å². The minimum Gasteiger partial charge on any atom is -0.392 e. The Morgan fingerprint density at radius 2 is 2.12 bits per heavy atom. The molecular formula is C16H22O. The van der Waals surface area contributed by atoms with Gasteiger partial charge in [-0.05, 0) is 48.6 Å². The number of benzene rings is 1. The molecule has 0 aromatic heterocycles. The maximum absolute atomic E-state index is 10.4. The largest absolute Gasteiger partial charge is 0.392 e. The van der Waals surface area contributed by atoms with Crippen LogP contribution in [0.3, 0.4) is 0 Å². The Bertz CT molecular complexity index is 425. The molecule has 0 heterocycles. The zero-order chi connectivity index (χ0) is 12.0. The molecule has 1 saturated carbocycles. The summed E-state index contributed by atoms with van der Waals surface area (Å²) in [6.07, 6.45) is 4.59. The molecule has 2 aliphatic carbocycles. The smallest absolute Gasteiger partial charge is 0.0633 e. The molecule has 1 N–H and O–H groups in total. The minimum atomic E-state index is -0.0938. The van der Waals surface area contributed by atoms with Crippen LogP contribution in [0.15, 0.2) is 24.3 Å². The van der Waals surface area contributed by atoms with Gasteiger partial charge >= 0.3 is 0 Å². The molecule has 3 rings (SSSR count). The molecule has 0 radical (unpaired) electrons. The minimum absolute atomic E-state index is 0.0938. The number of hydrogen-bond donors (Lipinski definition) is 1. The van der Waals surface area contributed by atoms with Crippen molar-refractivity contribution in [2.45, 2.75) is 51.6 Å². The van der Waals surface area contributed by atoms with Crippen molar-refractivity contribution in [3.05, 3.63) is 35.4 Å². The second-order valence-electron chi connectivity index (χ2n) is 6.04. The van der Waals surface area contributed by atoms with E-state index in [0.717, 1.165) is 6.42 Å². The van der Waals surface area contributed by atoms with Gasteiger partial charge in [0.05, 0.1) is 6.10 Å². The summed E-state index contributed by atoms with van der Waals surface area (Å²) in [5, 5.41) is 10.4. The van der Waals surface area contributed by atoms with Gasteiger partial charge in [-0.3, -0.25) is 0 Å². The summed E-state index contributed by atoms with van der Waals surface area (Å²) < 4.78 is 0. The van der Waals surface area contributed by atoms with Gasteiger partial charge in [-0.2, -0.15) is 0 Å². The summed E-state index contributed by atoms with van der Waals surface area (Å²) in [6.45, 7) is 4.48. The summed E-state index contributed by atoms with van der Waals surface area (Å²) in [7, 11) is 0. The normalized spacial score (nSPS) is 39.8. The molecule has 0 amide bonds. The fourth-order valence-corrected chi connectivity index (χ4v) is 4.16. The molecule has 1 fully saturated rings. The average molecular weight is 230 g/mol. The third-order valence-electron chi connectivity index (χ3n) is 5.36. The van der Waals surface area contributed by atoms with Crippen LogP contribution >= 0.6 is 0 Å². The van der Waals surface area contributed by atoms with E-state index in [2.05, 4.69) is 38.1 Å². The fourth-order valence-electron chi connectivity index (χ4n) is 4.16. The number of aliphatic hydroxyl groups excluding tert-OH is 1. The quantitative estimate of drug-likeness (QED) is 0.782. The Morgan fingerprint density at radius 1 is 1.35 bits per heavy atom. The molecular weight excluding hydrogens is 208 g/mol. The van der Waals surface area contributed by atoms with Crippen LogP contribution in [-0.4, -0.2) is 11.2 Å². The lowest BCUT2D eigenvalue weighted by Crippen LogP contribution is -2.57. The van der Waals surface area contributed by atoms with Crippen LogP contribution in [0.2, 0.25) is 0 Å². The molecule has 2 aliphatic rings. The van der Waals surface area contributed by atoms with E-state index in [1.54, 1.807) is 0 Å². The Labute approximate surface area is 104 Å².